The number of benzene rings is 2. The summed E-state index contributed by atoms with van der Waals surface area (Å²) in [6.07, 6.45) is 1.75. The van der Waals surface area contributed by atoms with E-state index < -0.39 is 6.10 Å². The van der Waals surface area contributed by atoms with Gasteiger partial charge in [-0.25, -0.2) is 0 Å². The Morgan fingerprint density at radius 2 is 1.96 bits per heavy atom. The van der Waals surface area contributed by atoms with Crippen LogP contribution in [0.5, 0.6) is 11.5 Å². The van der Waals surface area contributed by atoms with Gasteiger partial charge in [0.05, 0.1) is 25.6 Å². The lowest BCUT2D eigenvalue weighted by molar-refractivity contribution is -0.126. The van der Waals surface area contributed by atoms with E-state index in [1.54, 1.807) is 18.3 Å². The van der Waals surface area contributed by atoms with Crippen molar-refractivity contribution in [3.63, 3.8) is 0 Å². The molecule has 5 heteroatoms. The summed E-state index contributed by atoms with van der Waals surface area (Å²) in [6, 6.07) is 17.4. The zero-order valence-corrected chi connectivity index (χ0v) is 15.3. The average molecular weight is 363 g/mol. The molecule has 0 saturated carbocycles. The molecule has 0 saturated heterocycles. The molecule has 0 spiro atoms. The maximum absolute atomic E-state index is 13.0. The van der Waals surface area contributed by atoms with E-state index in [0.717, 1.165) is 28.3 Å². The second kappa shape index (κ2) is 7.19. The number of hydrogen-bond donors (Lipinski definition) is 0. The number of amides is 1. The fourth-order valence-electron chi connectivity index (χ4n) is 3.35. The van der Waals surface area contributed by atoms with Gasteiger partial charge in [0.15, 0.2) is 6.10 Å². The van der Waals surface area contributed by atoms with Crippen LogP contribution in [0.25, 0.3) is 11.1 Å². The van der Waals surface area contributed by atoms with Crippen LogP contribution < -0.4 is 14.4 Å². The minimum absolute atomic E-state index is 0.0569. The van der Waals surface area contributed by atoms with Crippen LogP contribution in [0.15, 0.2) is 65.3 Å². The van der Waals surface area contributed by atoms with Crippen molar-refractivity contribution in [1.82, 2.24) is 0 Å². The van der Waals surface area contributed by atoms with Gasteiger partial charge in [0.2, 0.25) is 0 Å². The highest BCUT2D eigenvalue weighted by atomic mass is 16.5. The summed E-state index contributed by atoms with van der Waals surface area (Å²) in [6.45, 7) is 2.32. The molecule has 3 aromatic rings. The third-order valence-corrected chi connectivity index (χ3v) is 4.74. The molecular weight excluding hydrogens is 342 g/mol. The van der Waals surface area contributed by atoms with Crippen molar-refractivity contribution in [2.24, 2.45) is 0 Å². The molecule has 0 fully saturated rings. The average Bonchev–Trinajstić information content (AvgIpc) is 3.22. The summed E-state index contributed by atoms with van der Waals surface area (Å²) < 4.78 is 16.9. The Labute approximate surface area is 158 Å². The molecule has 1 atom stereocenters. The van der Waals surface area contributed by atoms with Crippen molar-refractivity contribution < 1.29 is 18.7 Å². The van der Waals surface area contributed by atoms with Crippen molar-refractivity contribution in [3.8, 4) is 22.6 Å². The van der Waals surface area contributed by atoms with Crippen molar-refractivity contribution in [2.75, 3.05) is 12.0 Å². The molecule has 4 rings (SSSR count). The number of anilines is 1. The predicted molar refractivity (Wildman–Crippen MR) is 103 cm³/mol. The summed E-state index contributed by atoms with van der Waals surface area (Å²) in [5.41, 5.74) is 2.66. The normalized spacial score (nSPS) is 16.0. The van der Waals surface area contributed by atoms with Crippen LogP contribution in [0, 0.1) is 0 Å². The minimum Gasteiger partial charge on any atom is -0.496 e. The van der Waals surface area contributed by atoms with Crippen LogP contribution >= 0.6 is 0 Å². The smallest absolute Gasteiger partial charge is 0.268 e. The minimum atomic E-state index is -0.482. The van der Waals surface area contributed by atoms with Crippen molar-refractivity contribution >= 4 is 11.6 Å². The van der Waals surface area contributed by atoms with Crippen LogP contribution in [0.4, 0.5) is 5.69 Å². The molecule has 0 aliphatic carbocycles. The number of nitrogens with zero attached hydrogens (tertiary/aromatic N) is 1. The van der Waals surface area contributed by atoms with Gasteiger partial charge in [-0.3, -0.25) is 9.69 Å². The quantitative estimate of drug-likeness (QED) is 0.662. The van der Waals surface area contributed by atoms with E-state index in [9.17, 15) is 4.79 Å². The topological polar surface area (TPSA) is 51.9 Å². The molecule has 2 aromatic carbocycles. The molecular formula is C22H21NO4. The number of methoxy groups -OCH3 is 1. The Balaban J connectivity index is 1.79. The summed E-state index contributed by atoms with van der Waals surface area (Å²) in [7, 11) is 1.65. The SMILES string of the molecule is CCC1Oc2ccc(-c3ccccc3OC)cc2N(Cc2ccco2)C1=O. The van der Waals surface area contributed by atoms with Crippen LogP contribution in [0.2, 0.25) is 0 Å². The van der Waals surface area contributed by atoms with E-state index in [-0.39, 0.29) is 5.91 Å². The van der Waals surface area contributed by atoms with Gasteiger partial charge in [-0.05, 0) is 42.3 Å². The maximum Gasteiger partial charge on any atom is 0.268 e. The number of ether oxygens (including phenoxy) is 2. The Kier molecular flexibility index (Phi) is 4.59. The van der Waals surface area contributed by atoms with Gasteiger partial charge in [0, 0.05) is 5.56 Å². The number of rotatable bonds is 5. The molecule has 1 aliphatic heterocycles. The second-order valence-electron chi connectivity index (χ2n) is 6.40. The molecule has 1 amide bonds. The van der Waals surface area contributed by atoms with E-state index in [1.165, 1.54) is 0 Å². The Hall–Kier alpha value is -3.21. The summed E-state index contributed by atoms with van der Waals surface area (Å²) in [5.74, 6) is 2.16. The first-order valence-electron chi connectivity index (χ1n) is 8.99. The van der Waals surface area contributed by atoms with E-state index >= 15 is 0 Å². The highest BCUT2D eigenvalue weighted by Crippen LogP contribution is 2.40. The van der Waals surface area contributed by atoms with Crippen molar-refractivity contribution in [2.45, 2.75) is 26.0 Å². The van der Waals surface area contributed by atoms with Gasteiger partial charge in [0.1, 0.15) is 17.3 Å². The molecule has 2 heterocycles. The molecule has 1 aliphatic rings. The molecule has 0 radical (unpaired) electrons. The molecule has 0 N–H and O–H groups in total. The standard InChI is InChI=1S/C22H21NO4/c1-3-19-22(24)23(14-16-7-6-12-26-16)18-13-15(10-11-21(18)27-19)17-8-4-5-9-20(17)25-2/h4-13,19H,3,14H2,1-2H3. The van der Waals surface area contributed by atoms with Crippen molar-refractivity contribution in [1.29, 1.82) is 0 Å². The summed E-state index contributed by atoms with van der Waals surface area (Å²) in [4.78, 5) is 14.7. The number of hydrogen-bond acceptors (Lipinski definition) is 4. The first-order chi connectivity index (χ1) is 13.2. The molecule has 138 valence electrons. The van der Waals surface area contributed by atoms with Gasteiger partial charge in [-0.1, -0.05) is 31.2 Å². The molecule has 5 nitrogen and oxygen atoms in total. The first kappa shape index (κ1) is 17.2. The summed E-state index contributed by atoms with van der Waals surface area (Å²) in [5, 5.41) is 0. The van der Waals surface area contributed by atoms with Gasteiger partial charge in [-0.15, -0.1) is 0 Å². The zero-order valence-electron chi connectivity index (χ0n) is 15.3. The van der Waals surface area contributed by atoms with Gasteiger partial charge < -0.3 is 13.9 Å². The van der Waals surface area contributed by atoms with Crippen LogP contribution in [0.1, 0.15) is 19.1 Å². The molecule has 27 heavy (non-hydrogen) atoms. The zero-order chi connectivity index (χ0) is 18.8. The fourth-order valence-corrected chi connectivity index (χ4v) is 3.35. The Bertz CT molecular complexity index is 949. The number of para-hydroxylation sites is 1. The predicted octanol–water partition coefficient (Wildman–Crippen LogP) is 4.66. The lowest BCUT2D eigenvalue weighted by Gasteiger charge is -2.34. The molecule has 1 unspecified atom stereocenters. The van der Waals surface area contributed by atoms with Gasteiger partial charge in [-0.2, -0.15) is 0 Å². The summed E-state index contributed by atoms with van der Waals surface area (Å²) >= 11 is 0. The molecule has 0 bridgehead atoms. The Morgan fingerprint density at radius 3 is 2.70 bits per heavy atom. The fraction of sp³-hybridized carbons (Fsp3) is 0.227. The third-order valence-electron chi connectivity index (χ3n) is 4.74. The lowest BCUT2D eigenvalue weighted by Crippen LogP contribution is -2.45. The third kappa shape index (κ3) is 3.16. The van der Waals surface area contributed by atoms with E-state index in [1.807, 2.05) is 61.5 Å². The largest absolute Gasteiger partial charge is 0.496 e. The highest BCUT2D eigenvalue weighted by molar-refractivity contribution is 6.00. The van der Waals surface area contributed by atoms with Crippen LogP contribution in [-0.4, -0.2) is 19.1 Å². The maximum atomic E-state index is 13.0. The van der Waals surface area contributed by atoms with E-state index in [0.29, 0.717) is 18.7 Å². The number of carbonyl (C=O) groups is 1. The van der Waals surface area contributed by atoms with E-state index in [2.05, 4.69) is 0 Å². The molecule has 1 aromatic heterocycles. The lowest BCUT2D eigenvalue weighted by atomic mass is 10.0. The highest BCUT2D eigenvalue weighted by Gasteiger charge is 2.34. The van der Waals surface area contributed by atoms with Gasteiger partial charge in [0.25, 0.3) is 5.91 Å². The number of carbonyl (C=O) groups excluding carboxylic acids is 1. The van der Waals surface area contributed by atoms with Crippen molar-refractivity contribution in [3.05, 3.63) is 66.6 Å². The van der Waals surface area contributed by atoms with Crippen LogP contribution in [0.3, 0.4) is 0 Å². The van der Waals surface area contributed by atoms with Crippen LogP contribution in [-0.2, 0) is 11.3 Å². The Morgan fingerprint density at radius 1 is 1.11 bits per heavy atom. The second-order valence-corrected chi connectivity index (χ2v) is 6.40. The van der Waals surface area contributed by atoms with Gasteiger partial charge >= 0.3 is 0 Å². The van der Waals surface area contributed by atoms with E-state index in [4.69, 9.17) is 13.9 Å². The number of furan rings is 1. The first-order valence-corrected chi connectivity index (χ1v) is 8.99. The monoisotopic (exact) mass is 363 g/mol. The number of fused-ring (bicyclic) bond motifs is 1.